The van der Waals surface area contributed by atoms with E-state index in [1.54, 1.807) is 12.1 Å². The Bertz CT molecular complexity index is 977. The van der Waals surface area contributed by atoms with Crippen LogP contribution in [0.1, 0.15) is 32.6 Å². The lowest BCUT2D eigenvalue weighted by Crippen LogP contribution is -2.47. The van der Waals surface area contributed by atoms with Crippen molar-refractivity contribution >= 4 is 26.7 Å². The van der Waals surface area contributed by atoms with Gasteiger partial charge in [0.05, 0.1) is 17.0 Å². The lowest BCUT2D eigenvalue weighted by atomic mass is 9.96. The van der Waals surface area contributed by atoms with Crippen LogP contribution < -0.4 is 5.32 Å². The molecule has 2 aromatic carbocycles. The molecule has 2 aromatic rings. The van der Waals surface area contributed by atoms with Crippen LogP contribution in [-0.2, 0) is 19.6 Å². The Balaban J connectivity index is 1.38. The van der Waals surface area contributed by atoms with E-state index in [2.05, 4.69) is 5.32 Å². The van der Waals surface area contributed by atoms with Crippen LogP contribution in [0.25, 0.3) is 10.8 Å². The molecule has 156 valence electrons. The number of fused-ring (bicyclic) bond motifs is 1. The molecule has 2 fully saturated rings. The first-order valence-corrected chi connectivity index (χ1v) is 11.8. The van der Waals surface area contributed by atoms with Crippen LogP contribution in [-0.4, -0.2) is 50.5 Å². The van der Waals surface area contributed by atoms with Crippen molar-refractivity contribution in [3.63, 3.8) is 0 Å². The molecule has 0 aliphatic carbocycles. The normalized spacial score (nSPS) is 22.6. The van der Waals surface area contributed by atoms with E-state index >= 15 is 0 Å². The highest BCUT2D eigenvalue weighted by molar-refractivity contribution is 7.89. The van der Waals surface area contributed by atoms with E-state index in [1.165, 1.54) is 4.31 Å². The number of amides is 1. The van der Waals surface area contributed by atoms with Gasteiger partial charge in [-0.25, -0.2) is 8.42 Å². The number of carbonyl (C=O) groups is 1. The molecule has 1 N–H and O–H groups in total. The molecule has 0 bridgehead atoms. The van der Waals surface area contributed by atoms with E-state index in [0.29, 0.717) is 30.8 Å². The number of nitrogens with one attached hydrogen (secondary N) is 1. The molecular weight excluding hydrogens is 388 g/mol. The van der Waals surface area contributed by atoms with E-state index < -0.39 is 10.0 Å². The lowest BCUT2D eigenvalue weighted by molar-refractivity contribution is -0.127. The van der Waals surface area contributed by atoms with E-state index in [0.717, 1.165) is 30.2 Å². The molecule has 0 aromatic heterocycles. The largest absolute Gasteiger partial charge is 0.376 e. The Morgan fingerprint density at radius 1 is 1.10 bits per heavy atom. The minimum Gasteiger partial charge on any atom is -0.376 e. The zero-order valence-electron chi connectivity index (χ0n) is 16.7. The van der Waals surface area contributed by atoms with Gasteiger partial charge in [-0.1, -0.05) is 30.3 Å². The van der Waals surface area contributed by atoms with Gasteiger partial charge in [-0.3, -0.25) is 4.79 Å². The fraction of sp³-hybridized carbons (Fsp3) is 0.500. The van der Waals surface area contributed by atoms with Gasteiger partial charge in [0.25, 0.3) is 0 Å². The number of ether oxygens (including phenoxy) is 1. The SMILES string of the molecule is CC(NC(=O)C1CCN(S(=O)(=O)c2ccc3ccccc3c2)CC1)C1CCCO1. The molecule has 0 radical (unpaired) electrons. The maximum Gasteiger partial charge on any atom is 0.243 e. The summed E-state index contributed by atoms with van der Waals surface area (Å²) in [7, 11) is -3.56. The second-order valence-corrected chi connectivity index (χ2v) is 9.97. The van der Waals surface area contributed by atoms with Gasteiger partial charge < -0.3 is 10.1 Å². The average molecular weight is 417 g/mol. The number of piperidine rings is 1. The fourth-order valence-electron chi connectivity index (χ4n) is 4.27. The van der Waals surface area contributed by atoms with Gasteiger partial charge in [0.15, 0.2) is 0 Å². The highest BCUT2D eigenvalue weighted by atomic mass is 32.2. The summed E-state index contributed by atoms with van der Waals surface area (Å²) < 4.78 is 33.3. The summed E-state index contributed by atoms with van der Waals surface area (Å²) in [6, 6.07) is 12.9. The third-order valence-electron chi connectivity index (χ3n) is 6.08. The Hall–Kier alpha value is -1.96. The summed E-state index contributed by atoms with van der Waals surface area (Å²) >= 11 is 0. The first-order valence-electron chi connectivity index (χ1n) is 10.4. The first kappa shape index (κ1) is 20.3. The molecule has 29 heavy (non-hydrogen) atoms. The van der Waals surface area contributed by atoms with E-state index in [1.807, 2.05) is 37.3 Å². The van der Waals surface area contributed by atoms with Gasteiger partial charge in [0.2, 0.25) is 15.9 Å². The number of benzene rings is 2. The summed E-state index contributed by atoms with van der Waals surface area (Å²) in [4.78, 5) is 12.9. The first-order chi connectivity index (χ1) is 13.9. The number of nitrogens with zero attached hydrogens (tertiary/aromatic N) is 1. The summed E-state index contributed by atoms with van der Waals surface area (Å²) in [5, 5.41) is 4.99. The standard InChI is InChI=1S/C22H28N2O4S/c1-16(21-7-4-14-28-21)23-22(25)18-10-12-24(13-11-18)29(26,27)20-9-8-17-5-2-3-6-19(17)15-20/h2-3,5-6,8-9,15-16,18,21H,4,7,10-14H2,1H3,(H,23,25). The van der Waals surface area contributed by atoms with Crippen LogP contribution in [0.5, 0.6) is 0 Å². The summed E-state index contributed by atoms with van der Waals surface area (Å²) in [6.45, 7) is 3.46. The Kier molecular flexibility index (Phi) is 5.90. The molecule has 0 spiro atoms. The minimum atomic E-state index is -3.56. The lowest BCUT2D eigenvalue weighted by Gasteiger charge is -2.31. The molecule has 6 nitrogen and oxygen atoms in total. The van der Waals surface area contributed by atoms with E-state index in [9.17, 15) is 13.2 Å². The van der Waals surface area contributed by atoms with Crippen molar-refractivity contribution in [2.24, 2.45) is 5.92 Å². The molecule has 2 heterocycles. The van der Waals surface area contributed by atoms with Crippen molar-refractivity contribution in [3.05, 3.63) is 42.5 Å². The molecule has 2 aliphatic heterocycles. The van der Waals surface area contributed by atoms with Crippen molar-refractivity contribution < 1.29 is 17.9 Å². The molecule has 4 rings (SSSR count). The van der Waals surface area contributed by atoms with E-state index in [4.69, 9.17) is 4.74 Å². The van der Waals surface area contributed by atoms with Crippen molar-refractivity contribution in [2.45, 2.75) is 49.6 Å². The van der Waals surface area contributed by atoms with Crippen LogP contribution >= 0.6 is 0 Å². The maximum absolute atomic E-state index is 13.1. The summed E-state index contributed by atoms with van der Waals surface area (Å²) in [5.41, 5.74) is 0. The minimum absolute atomic E-state index is 0.00985. The van der Waals surface area contributed by atoms with Crippen molar-refractivity contribution in [3.8, 4) is 0 Å². The number of carbonyl (C=O) groups excluding carboxylic acids is 1. The quantitative estimate of drug-likeness (QED) is 0.813. The second kappa shape index (κ2) is 8.42. The Morgan fingerprint density at radius 3 is 2.52 bits per heavy atom. The van der Waals surface area contributed by atoms with Crippen molar-refractivity contribution in [1.82, 2.24) is 9.62 Å². The number of hydrogen-bond donors (Lipinski definition) is 1. The van der Waals surface area contributed by atoms with Crippen LogP contribution in [0.2, 0.25) is 0 Å². The Labute approximate surface area is 172 Å². The molecule has 2 saturated heterocycles. The van der Waals surface area contributed by atoms with Crippen LogP contribution in [0.4, 0.5) is 0 Å². The zero-order chi connectivity index (χ0) is 20.4. The van der Waals surface area contributed by atoms with Gasteiger partial charge in [0, 0.05) is 25.6 Å². The summed E-state index contributed by atoms with van der Waals surface area (Å²) in [5.74, 6) is -0.141. The smallest absolute Gasteiger partial charge is 0.243 e. The van der Waals surface area contributed by atoms with Crippen LogP contribution in [0.15, 0.2) is 47.4 Å². The molecule has 2 unspecified atom stereocenters. The molecule has 1 amide bonds. The zero-order valence-corrected chi connectivity index (χ0v) is 17.5. The molecule has 2 aliphatic rings. The van der Waals surface area contributed by atoms with Crippen LogP contribution in [0, 0.1) is 5.92 Å². The predicted molar refractivity (Wildman–Crippen MR) is 112 cm³/mol. The van der Waals surface area contributed by atoms with E-state index in [-0.39, 0.29) is 24.0 Å². The van der Waals surface area contributed by atoms with Gasteiger partial charge in [0.1, 0.15) is 0 Å². The maximum atomic E-state index is 13.1. The topological polar surface area (TPSA) is 75.7 Å². The predicted octanol–water partition coefficient (Wildman–Crippen LogP) is 2.92. The highest BCUT2D eigenvalue weighted by Gasteiger charge is 2.33. The van der Waals surface area contributed by atoms with Crippen molar-refractivity contribution in [2.75, 3.05) is 19.7 Å². The van der Waals surface area contributed by atoms with Crippen molar-refractivity contribution in [1.29, 1.82) is 0 Å². The second-order valence-electron chi connectivity index (χ2n) is 8.04. The van der Waals surface area contributed by atoms with Gasteiger partial charge in [-0.2, -0.15) is 4.31 Å². The highest BCUT2D eigenvalue weighted by Crippen LogP contribution is 2.26. The molecule has 2 atom stereocenters. The monoisotopic (exact) mass is 416 g/mol. The van der Waals surface area contributed by atoms with Gasteiger partial charge in [-0.05, 0) is 55.5 Å². The third kappa shape index (κ3) is 4.32. The third-order valence-corrected chi connectivity index (χ3v) is 7.97. The number of sulfonamides is 1. The molecular formula is C22H28N2O4S. The van der Waals surface area contributed by atoms with Gasteiger partial charge >= 0.3 is 0 Å². The average Bonchev–Trinajstić information content (AvgIpc) is 3.28. The van der Waals surface area contributed by atoms with Gasteiger partial charge in [-0.15, -0.1) is 0 Å². The Morgan fingerprint density at radius 2 is 1.83 bits per heavy atom. The molecule has 0 saturated carbocycles. The number of hydrogen-bond acceptors (Lipinski definition) is 4. The molecule has 7 heteroatoms. The van der Waals surface area contributed by atoms with Crippen LogP contribution in [0.3, 0.4) is 0 Å². The summed E-state index contributed by atoms with van der Waals surface area (Å²) in [6.07, 6.45) is 3.18. The number of rotatable bonds is 5. The fourth-order valence-corrected chi connectivity index (χ4v) is 5.77.